The molecule has 1 saturated heterocycles. The molecule has 0 radical (unpaired) electrons. The standard InChI is InChI=1S/C12H24N2O2/c1-5-6-11-13-10(3)12(15)14(11)7-9(2)8-16-4/h9-11,13H,5-8H2,1-4H3. The highest BCUT2D eigenvalue weighted by molar-refractivity contribution is 5.83. The van der Waals surface area contributed by atoms with E-state index in [1.807, 2.05) is 11.8 Å². The number of hydrogen-bond acceptors (Lipinski definition) is 3. The lowest BCUT2D eigenvalue weighted by Crippen LogP contribution is -2.40. The van der Waals surface area contributed by atoms with Crippen LogP contribution >= 0.6 is 0 Å². The van der Waals surface area contributed by atoms with Crippen molar-refractivity contribution in [2.24, 2.45) is 5.92 Å². The van der Waals surface area contributed by atoms with E-state index in [0.717, 1.165) is 19.4 Å². The summed E-state index contributed by atoms with van der Waals surface area (Å²) < 4.78 is 5.11. The van der Waals surface area contributed by atoms with Crippen molar-refractivity contribution in [3.63, 3.8) is 0 Å². The topological polar surface area (TPSA) is 41.6 Å². The molecule has 0 aromatic heterocycles. The minimum atomic E-state index is -0.0358. The van der Waals surface area contributed by atoms with E-state index in [9.17, 15) is 4.79 Å². The van der Waals surface area contributed by atoms with Gasteiger partial charge < -0.3 is 9.64 Å². The number of carbonyl (C=O) groups excluding carboxylic acids is 1. The van der Waals surface area contributed by atoms with Crippen LogP contribution in [0.15, 0.2) is 0 Å². The lowest BCUT2D eigenvalue weighted by molar-refractivity contribution is -0.130. The van der Waals surface area contributed by atoms with Gasteiger partial charge in [-0.1, -0.05) is 20.3 Å². The van der Waals surface area contributed by atoms with Crippen molar-refractivity contribution < 1.29 is 9.53 Å². The Labute approximate surface area is 98.3 Å². The molecular weight excluding hydrogens is 204 g/mol. The van der Waals surface area contributed by atoms with Crippen molar-refractivity contribution >= 4 is 5.91 Å². The number of carbonyl (C=O) groups is 1. The molecule has 1 rings (SSSR count). The van der Waals surface area contributed by atoms with E-state index in [0.29, 0.717) is 12.5 Å². The molecule has 1 fully saturated rings. The van der Waals surface area contributed by atoms with Crippen molar-refractivity contribution in [2.75, 3.05) is 20.3 Å². The summed E-state index contributed by atoms with van der Waals surface area (Å²) in [4.78, 5) is 13.9. The van der Waals surface area contributed by atoms with E-state index < -0.39 is 0 Å². The van der Waals surface area contributed by atoms with E-state index in [1.54, 1.807) is 7.11 Å². The Kier molecular flexibility index (Phi) is 5.22. The van der Waals surface area contributed by atoms with Gasteiger partial charge in [0, 0.05) is 13.7 Å². The Morgan fingerprint density at radius 2 is 2.25 bits per heavy atom. The summed E-state index contributed by atoms with van der Waals surface area (Å²) in [5.41, 5.74) is 0. The van der Waals surface area contributed by atoms with Crippen molar-refractivity contribution in [1.29, 1.82) is 0 Å². The molecule has 16 heavy (non-hydrogen) atoms. The van der Waals surface area contributed by atoms with E-state index in [4.69, 9.17) is 4.74 Å². The molecule has 1 N–H and O–H groups in total. The molecule has 0 saturated carbocycles. The molecule has 4 nitrogen and oxygen atoms in total. The van der Waals surface area contributed by atoms with Crippen molar-refractivity contribution in [3.05, 3.63) is 0 Å². The summed E-state index contributed by atoms with van der Waals surface area (Å²) in [6.07, 6.45) is 2.33. The molecule has 94 valence electrons. The van der Waals surface area contributed by atoms with Gasteiger partial charge >= 0.3 is 0 Å². The minimum Gasteiger partial charge on any atom is -0.384 e. The van der Waals surface area contributed by atoms with Crippen LogP contribution in [0.3, 0.4) is 0 Å². The van der Waals surface area contributed by atoms with Gasteiger partial charge in [0.2, 0.25) is 5.91 Å². The highest BCUT2D eigenvalue weighted by Gasteiger charge is 2.35. The van der Waals surface area contributed by atoms with E-state index in [2.05, 4.69) is 19.2 Å². The Morgan fingerprint density at radius 3 is 2.81 bits per heavy atom. The Morgan fingerprint density at radius 1 is 1.56 bits per heavy atom. The van der Waals surface area contributed by atoms with Gasteiger partial charge in [-0.3, -0.25) is 10.1 Å². The fourth-order valence-electron chi connectivity index (χ4n) is 2.25. The maximum Gasteiger partial charge on any atom is 0.240 e. The number of hydrogen-bond donors (Lipinski definition) is 1. The second-order valence-electron chi connectivity index (χ2n) is 4.74. The summed E-state index contributed by atoms with van der Waals surface area (Å²) in [6, 6.07) is -0.0358. The highest BCUT2D eigenvalue weighted by atomic mass is 16.5. The number of amides is 1. The van der Waals surface area contributed by atoms with Gasteiger partial charge in [-0.2, -0.15) is 0 Å². The Hall–Kier alpha value is -0.610. The number of ether oxygens (including phenoxy) is 1. The van der Waals surface area contributed by atoms with Crippen LogP contribution in [0.1, 0.15) is 33.6 Å². The van der Waals surface area contributed by atoms with Crippen molar-refractivity contribution in [2.45, 2.75) is 45.8 Å². The lowest BCUT2D eigenvalue weighted by Gasteiger charge is -2.26. The zero-order chi connectivity index (χ0) is 12.1. The van der Waals surface area contributed by atoms with Gasteiger partial charge in [-0.05, 0) is 19.3 Å². The third-order valence-electron chi connectivity index (χ3n) is 2.99. The minimum absolute atomic E-state index is 0.0358. The maximum atomic E-state index is 12.0. The third-order valence-corrected chi connectivity index (χ3v) is 2.99. The average Bonchev–Trinajstić information content (AvgIpc) is 2.47. The van der Waals surface area contributed by atoms with Crippen LogP contribution in [0.5, 0.6) is 0 Å². The van der Waals surface area contributed by atoms with Crippen LogP contribution in [-0.2, 0) is 9.53 Å². The normalized spacial score (nSPS) is 27.5. The molecule has 0 bridgehead atoms. The van der Waals surface area contributed by atoms with Gasteiger partial charge in [0.25, 0.3) is 0 Å². The number of nitrogens with zero attached hydrogens (tertiary/aromatic N) is 1. The molecule has 1 aliphatic heterocycles. The van der Waals surface area contributed by atoms with Crippen LogP contribution in [0.25, 0.3) is 0 Å². The number of methoxy groups -OCH3 is 1. The predicted octanol–water partition coefficient (Wildman–Crippen LogP) is 1.22. The van der Waals surface area contributed by atoms with Gasteiger partial charge in [-0.25, -0.2) is 0 Å². The van der Waals surface area contributed by atoms with Gasteiger partial charge in [0.1, 0.15) is 0 Å². The fraction of sp³-hybridized carbons (Fsp3) is 0.917. The van der Waals surface area contributed by atoms with Gasteiger partial charge in [0.15, 0.2) is 0 Å². The summed E-state index contributed by atoms with van der Waals surface area (Å²) in [5.74, 6) is 0.613. The van der Waals surface area contributed by atoms with Crippen molar-refractivity contribution in [1.82, 2.24) is 10.2 Å². The lowest BCUT2D eigenvalue weighted by atomic mass is 10.1. The summed E-state index contributed by atoms with van der Waals surface area (Å²) >= 11 is 0. The quantitative estimate of drug-likeness (QED) is 0.743. The van der Waals surface area contributed by atoms with Crippen LogP contribution in [0.2, 0.25) is 0 Å². The number of nitrogens with one attached hydrogen (secondary N) is 1. The predicted molar refractivity (Wildman–Crippen MR) is 64.0 cm³/mol. The Bertz CT molecular complexity index is 233. The van der Waals surface area contributed by atoms with Crippen LogP contribution in [-0.4, -0.2) is 43.3 Å². The maximum absolute atomic E-state index is 12.0. The smallest absolute Gasteiger partial charge is 0.240 e. The van der Waals surface area contributed by atoms with E-state index in [1.165, 1.54) is 0 Å². The molecule has 4 heteroatoms. The van der Waals surface area contributed by atoms with Gasteiger partial charge in [0.05, 0.1) is 18.8 Å². The van der Waals surface area contributed by atoms with Crippen LogP contribution in [0, 0.1) is 5.92 Å². The monoisotopic (exact) mass is 228 g/mol. The Balaban J connectivity index is 2.55. The molecule has 0 aromatic carbocycles. The first-order valence-electron chi connectivity index (χ1n) is 6.15. The molecule has 0 aromatic rings. The summed E-state index contributed by atoms with van der Waals surface area (Å²) in [7, 11) is 1.70. The highest BCUT2D eigenvalue weighted by Crippen LogP contribution is 2.16. The average molecular weight is 228 g/mol. The van der Waals surface area contributed by atoms with Crippen LogP contribution in [0.4, 0.5) is 0 Å². The molecular formula is C12H24N2O2. The zero-order valence-corrected chi connectivity index (χ0v) is 10.8. The first kappa shape index (κ1) is 13.5. The van der Waals surface area contributed by atoms with E-state index >= 15 is 0 Å². The molecule has 1 heterocycles. The van der Waals surface area contributed by atoms with Gasteiger partial charge in [-0.15, -0.1) is 0 Å². The SMILES string of the molecule is CCCC1NC(C)C(=O)N1CC(C)COC. The molecule has 3 unspecified atom stereocenters. The first-order valence-corrected chi connectivity index (χ1v) is 6.15. The second-order valence-corrected chi connectivity index (χ2v) is 4.74. The van der Waals surface area contributed by atoms with Crippen molar-refractivity contribution in [3.8, 4) is 0 Å². The molecule has 0 spiro atoms. The summed E-state index contributed by atoms with van der Waals surface area (Å²) in [5, 5.41) is 3.34. The molecule has 3 atom stereocenters. The molecule has 1 aliphatic rings. The third kappa shape index (κ3) is 3.19. The second kappa shape index (κ2) is 6.21. The zero-order valence-electron chi connectivity index (χ0n) is 10.8. The van der Waals surface area contributed by atoms with Crippen LogP contribution < -0.4 is 5.32 Å². The summed E-state index contributed by atoms with van der Waals surface area (Å²) in [6.45, 7) is 7.69. The molecule has 1 amide bonds. The fourth-order valence-corrected chi connectivity index (χ4v) is 2.25. The number of rotatable bonds is 6. The molecule has 0 aliphatic carbocycles. The van der Waals surface area contributed by atoms with E-state index in [-0.39, 0.29) is 18.1 Å². The first-order chi connectivity index (χ1) is 7.60. The largest absolute Gasteiger partial charge is 0.384 e.